The van der Waals surface area contributed by atoms with Crippen molar-refractivity contribution in [2.24, 2.45) is 4.99 Å². The molecule has 0 saturated carbocycles. The number of rotatable bonds is 9. The monoisotopic (exact) mass is 469 g/mol. The van der Waals surface area contributed by atoms with Gasteiger partial charge in [-0.1, -0.05) is 54.6 Å². The molecule has 2 rings (SSSR count). The zero-order valence-corrected chi connectivity index (χ0v) is 17.7. The maximum absolute atomic E-state index is 5.87. The molecule has 142 valence electrons. The summed E-state index contributed by atoms with van der Waals surface area (Å²) >= 11 is 0. The van der Waals surface area contributed by atoms with Crippen molar-refractivity contribution in [1.82, 2.24) is 10.6 Å². The van der Waals surface area contributed by atoms with E-state index in [0.29, 0.717) is 26.4 Å². The van der Waals surface area contributed by atoms with Gasteiger partial charge in [0.2, 0.25) is 0 Å². The van der Waals surface area contributed by atoms with Gasteiger partial charge < -0.3 is 20.1 Å². The van der Waals surface area contributed by atoms with Crippen LogP contribution in [0.1, 0.15) is 16.7 Å². The number of nitrogens with one attached hydrogen (secondary N) is 2. The summed E-state index contributed by atoms with van der Waals surface area (Å²) in [5.74, 6) is 0.761. The van der Waals surface area contributed by atoms with Crippen LogP contribution in [0.3, 0.4) is 0 Å². The molecule has 0 atom stereocenters. The van der Waals surface area contributed by atoms with Crippen molar-refractivity contribution in [1.29, 1.82) is 0 Å². The van der Waals surface area contributed by atoms with Crippen LogP contribution < -0.4 is 10.6 Å². The molecule has 26 heavy (non-hydrogen) atoms. The number of benzene rings is 2. The highest BCUT2D eigenvalue weighted by atomic mass is 127. The summed E-state index contributed by atoms with van der Waals surface area (Å²) in [4.78, 5) is 4.21. The first-order chi connectivity index (χ1) is 12.3. The van der Waals surface area contributed by atoms with Gasteiger partial charge in [-0.2, -0.15) is 0 Å². The van der Waals surface area contributed by atoms with Gasteiger partial charge in [0.05, 0.1) is 19.8 Å². The standard InChI is InChI=1S/C20H27N3O2.HI/c1-21-20(22-12-13-24-2)23-14-18-10-6-7-11-19(18)16-25-15-17-8-4-3-5-9-17;/h3-11H,12-16H2,1-2H3,(H2,21,22,23);1H. The first-order valence-electron chi connectivity index (χ1n) is 8.45. The smallest absolute Gasteiger partial charge is 0.191 e. The van der Waals surface area contributed by atoms with Crippen LogP contribution in [0, 0.1) is 0 Å². The molecule has 0 unspecified atom stereocenters. The molecule has 0 spiro atoms. The van der Waals surface area contributed by atoms with Gasteiger partial charge in [-0.15, -0.1) is 24.0 Å². The van der Waals surface area contributed by atoms with Crippen LogP contribution in [-0.2, 0) is 29.2 Å². The van der Waals surface area contributed by atoms with Crippen molar-refractivity contribution in [3.63, 3.8) is 0 Å². The third kappa shape index (κ3) is 8.16. The summed E-state index contributed by atoms with van der Waals surface area (Å²) in [6, 6.07) is 18.5. The van der Waals surface area contributed by atoms with E-state index in [1.807, 2.05) is 30.3 Å². The minimum absolute atomic E-state index is 0. The van der Waals surface area contributed by atoms with Crippen molar-refractivity contribution in [2.75, 3.05) is 27.3 Å². The van der Waals surface area contributed by atoms with E-state index >= 15 is 0 Å². The zero-order valence-electron chi connectivity index (χ0n) is 15.4. The number of nitrogens with zero attached hydrogens (tertiary/aromatic N) is 1. The van der Waals surface area contributed by atoms with Crippen molar-refractivity contribution in [2.45, 2.75) is 19.8 Å². The molecule has 0 bridgehead atoms. The van der Waals surface area contributed by atoms with Crippen molar-refractivity contribution in [3.05, 3.63) is 71.3 Å². The summed E-state index contributed by atoms with van der Waals surface area (Å²) in [6.07, 6.45) is 0. The first kappa shape index (κ1) is 22.4. The average molecular weight is 469 g/mol. The third-order valence-electron chi connectivity index (χ3n) is 3.76. The van der Waals surface area contributed by atoms with Gasteiger partial charge in [0, 0.05) is 27.2 Å². The summed E-state index contributed by atoms with van der Waals surface area (Å²) < 4.78 is 10.9. The Bertz CT molecular complexity index is 651. The molecule has 0 aromatic heterocycles. The Morgan fingerprint density at radius 1 is 0.923 bits per heavy atom. The summed E-state index contributed by atoms with van der Waals surface area (Å²) in [7, 11) is 3.45. The Morgan fingerprint density at radius 3 is 2.31 bits per heavy atom. The molecule has 2 aromatic carbocycles. The number of ether oxygens (including phenoxy) is 2. The molecule has 0 aliphatic rings. The van der Waals surface area contributed by atoms with E-state index in [2.05, 4.69) is 39.9 Å². The van der Waals surface area contributed by atoms with E-state index in [9.17, 15) is 0 Å². The van der Waals surface area contributed by atoms with Gasteiger partial charge in [-0.25, -0.2) is 0 Å². The maximum atomic E-state index is 5.87. The van der Waals surface area contributed by atoms with Crippen molar-refractivity contribution >= 4 is 29.9 Å². The highest BCUT2D eigenvalue weighted by Crippen LogP contribution is 2.11. The fourth-order valence-electron chi connectivity index (χ4n) is 2.39. The molecule has 0 radical (unpaired) electrons. The van der Waals surface area contributed by atoms with Gasteiger partial charge in [0.15, 0.2) is 5.96 Å². The summed E-state index contributed by atoms with van der Waals surface area (Å²) in [6.45, 7) is 3.26. The van der Waals surface area contributed by atoms with Crippen molar-refractivity contribution < 1.29 is 9.47 Å². The van der Waals surface area contributed by atoms with Crippen LogP contribution in [0.4, 0.5) is 0 Å². The number of halogens is 1. The summed E-state index contributed by atoms with van der Waals surface area (Å²) in [5.41, 5.74) is 3.56. The van der Waals surface area contributed by atoms with Gasteiger partial charge in [-0.05, 0) is 16.7 Å². The molecule has 0 aliphatic heterocycles. The molecular formula is C20H28IN3O2. The third-order valence-corrected chi connectivity index (χ3v) is 3.76. The Morgan fingerprint density at radius 2 is 1.62 bits per heavy atom. The minimum atomic E-state index is 0. The molecule has 0 heterocycles. The van der Waals surface area contributed by atoms with Gasteiger partial charge >= 0.3 is 0 Å². The van der Waals surface area contributed by atoms with Gasteiger partial charge in [0.1, 0.15) is 0 Å². The number of hydrogen-bond acceptors (Lipinski definition) is 3. The minimum Gasteiger partial charge on any atom is -0.383 e. The van der Waals surface area contributed by atoms with E-state index in [0.717, 1.165) is 12.5 Å². The Hall–Kier alpha value is -1.64. The van der Waals surface area contributed by atoms with E-state index in [-0.39, 0.29) is 24.0 Å². The van der Waals surface area contributed by atoms with E-state index < -0.39 is 0 Å². The summed E-state index contributed by atoms with van der Waals surface area (Å²) in [5, 5.41) is 6.53. The number of aliphatic imine (C=N–C) groups is 1. The van der Waals surface area contributed by atoms with Crippen molar-refractivity contribution in [3.8, 4) is 0 Å². The SMILES string of the molecule is CN=C(NCCOC)NCc1ccccc1COCc1ccccc1.I. The van der Waals surface area contributed by atoms with Crippen LogP contribution in [0.15, 0.2) is 59.6 Å². The number of methoxy groups -OCH3 is 1. The lowest BCUT2D eigenvalue weighted by molar-refractivity contribution is 0.106. The highest BCUT2D eigenvalue weighted by Gasteiger charge is 2.04. The fraction of sp³-hybridized carbons (Fsp3) is 0.350. The zero-order chi connectivity index (χ0) is 17.7. The van der Waals surface area contributed by atoms with E-state index in [1.54, 1.807) is 14.2 Å². The quantitative estimate of drug-likeness (QED) is 0.256. The average Bonchev–Trinajstić information content (AvgIpc) is 2.66. The Kier molecular flexibility index (Phi) is 11.7. The topological polar surface area (TPSA) is 54.9 Å². The normalized spacial score (nSPS) is 10.9. The van der Waals surface area contributed by atoms with Crippen LogP contribution in [0.25, 0.3) is 0 Å². The molecule has 0 aliphatic carbocycles. The molecule has 0 fully saturated rings. The molecule has 6 heteroatoms. The van der Waals surface area contributed by atoms with Crippen LogP contribution in [-0.4, -0.2) is 33.3 Å². The van der Waals surface area contributed by atoms with Crippen LogP contribution >= 0.6 is 24.0 Å². The largest absolute Gasteiger partial charge is 0.383 e. The fourth-order valence-corrected chi connectivity index (χ4v) is 2.39. The highest BCUT2D eigenvalue weighted by molar-refractivity contribution is 14.0. The number of hydrogen-bond donors (Lipinski definition) is 2. The van der Waals surface area contributed by atoms with E-state index in [1.165, 1.54) is 16.7 Å². The van der Waals surface area contributed by atoms with E-state index in [4.69, 9.17) is 9.47 Å². The first-order valence-corrected chi connectivity index (χ1v) is 8.45. The van der Waals surface area contributed by atoms with Gasteiger partial charge in [0.25, 0.3) is 0 Å². The molecule has 2 N–H and O–H groups in total. The Balaban J connectivity index is 0.00000338. The maximum Gasteiger partial charge on any atom is 0.191 e. The predicted octanol–water partition coefficient (Wildman–Crippen LogP) is 3.33. The molecule has 2 aromatic rings. The second-order valence-electron chi connectivity index (χ2n) is 5.59. The molecular weight excluding hydrogens is 441 g/mol. The Labute approximate surface area is 173 Å². The lowest BCUT2D eigenvalue weighted by atomic mass is 10.1. The van der Waals surface area contributed by atoms with Gasteiger partial charge in [-0.3, -0.25) is 4.99 Å². The lowest BCUT2D eigenvalue weighted by Crippen LogP contribution is -2.38. The molecule has 0 amide bonds. The molecule has 0 saturated heterocycles. The van der Waals surface area contributed by atoms with Crippen LogP contribution in [0.2, 0.25) is 0 Å². The van der Waals surface area contributed by atoms with Crippen LogP contribution in [0.5, 0.6) is 0 Å². The predicted molar refractivity (Wildman–Crippen MR) is 117 cm³/mol. The second kappa shape index (κ2) is 13.5. The second-order valence-corrected chi connectivity index (χ2v) is 5.59. The lowest BCUT2D eigenvalue weighted by Gasteiger charge is -2.14. The molecule has 5 nitrogen and oxygen atoms in total. The number of guanidine groups is 1.